The summed E-state index contributed by atoms with van der Waals surface area (Å²) in [6.45, 7) is 4.92. The van der Waals surface area contributed by atoms with Crippen molar-refractivity contribution < 1.29 is 9.53 Å². The Morgan fingerprint density at radius 3 is 2.67 bits per heavy atom. The standard InChI is InChI=1S/C14H22N2O2/c1-10-4-5-12(6-11(10)2)7-14(17)16-13(8-15)9-18-3/h4-6,13H,7-9,15H2,1-3H3,(H,16,17). The van der Waals surface area contributed by atoms with Crippen LogP contribution in [0.2, 0.25) is 0 Å². The van der Waals surface area contributed by atoms with E-state index in [-0.39, 0.29) is 11.9 Å². The molecule has 18 heavy (non-hydrogen) atoms. The highest BCUT2D eigenvalue weighted by Gasteiger charge is 2.11. The molecule has 0 heterocycles. The van der Waals surface area contributed by atoms with Gasteiger partial charge in [-0.3, -0.25) is 4.79 Å². The molecule has 0 aromatic heterocycles. The number of carbonyl (C=O) groups is 1. The van der Waals surface area contributed by atoms with E-state index < -0.39 is 0 Å². The van der Waals surface area contributed by atoms with Gasteiger partial charge >= 0.3 is 0 Å². The van der Waals surface area contributed by atoms with Gasteiger partial charge in [0.2, 0.25) is 5.91 Å². The minimum atomic E-state index is -0.117. The fourth-order valence-electron chi connectivity index (χ4n) is 1.75. The number of amides is 1. The summed E-state index contributed by atoms with van der Waals surface area (Å²) in [5, 5.41) is 2.86. The molecule has 0 aliphatic carbocycles. The smallest absolute Gasteiger partial charge is 0.224 e. The summed E-state index contributed by atoms with van der Waals surface area (Å²) in [6, 6.07) is 5.94. The van der Waals surface area contributed by atoms with Crippen LogP contribution in [0, 0.1) is 13.8 Å². The van der Waals surface area contributed by atoms with Gasteiger partial charge in [0.15, 0.2) is 0 Å². The molecule has 4 nitrogen and oxygen atoms in total. The van der Waals surface area contributed by atoms with Crippen LogP contribution in [0.3, 0.4) is 0 Å². The van der Waals surface area contributed by atoms with E-state index in [9.17, 15) is 4.79 Å². The Hall–Kier alpha value is -1.39. The third-order valence-corrected chi connectivity index (χ3v) is 2.95. The van der Waals surface area contributed by atoms with Crippen molar-refractivity contribution in [1.82, 2.24) is 5.32 Å². The number of methoxy groups -OCH3 is 1. The zero-order valence-electron chi connectivity index (χ0n) is 11.3. The molecule has 0 saturated carbocycles. The van der Waals surface area contributed by atoms with Crippen LogP contribution in [0.1, 0.15) is 16.7 Å². The van der Waals surface area contributed by atoms with Crippen LogP contribution in [-0.4, -0.2) is 32.2 Å². The van der Waals surface area contributed by atoms with E-state index in [0.29, 0.717) is 19.6 Å². The van der Waals surface area contributed by atoms with Crippen molar-refractivity contribution in [3.63, 3.8) is 0 Å². The number of ether oxygens (including phenoxy) is 1. The average Bonchev–Trinajstić information content (AvgIpc) is 2.33. The summed E-state index contributed by atoms with van der Waals surface area (Å²) in [5.74, 6) is -0.0225. The van der Waals surface area contributed by atoms with Crippen LogP contribution in [0.25, 0.3) is 0 Å². The Morgan fingerprint density at radius 2 is 2.11 bits per heavy atom. The molecule has 100 valence electrons. The van der Waals surface area contributed by atoms with Gasteiger partial charge in [0, 0.05) is 13.7 Å². The van der Waals surface area contributed by atoms with Crippen LogP contribution in [0.15, 0.2) is 18.2 Å². The number of aryl methyl sites for hydroxylation is 2. The van der Waals surface area contributed by atoms with Gasteiger partial charge in [0.05, 0.1) is 19.1 Å². The molecule has 0 aliphatic heterocycles. The van der Waals surface area contributed by atoms with Crippen molar-refractivity contribution in [2.45, 2.75) is 26.3 Å². The normalized spacial score (nSPS) is 12.2. The molecule has 1 aromatic rings. The quantitative estimate of drug-likeness (QED) is 0.789. The molecule has 1 unspecified atom stereocenters. The highest BCUT2D eigenvalue weighted by Crippen LogP contribution is 2.10. The van der Waals surface area contributed by atoms with Gasteiger partial charge in [-0.2, -0.15) is 0 Å². The second-order valence-corrected chi connectivity index (χ2v) is 4.55. The summed E-state index contributed by atoms with van der Waals surface area (Å²) >= 11 is 0. The number of nitrogens with one attached hydrogen (secondary N) is 1. The number of benzene rings is 1. The predicted octanol–water partition coefficient (Wildman–Crippen LogP) is 0.936. The maximum absolute atomic E-state index is 11.8. The lowest BCUT2D eigenvalue weighted by Gasteiger charge is -2.15. The van der Waals surface area contributed by atoms with E-state index in [4.69, 9.17) is 10.5 Å². The molecule has 0 spiro atoms. The summed E-state index contributed by atoms with van der Waals surface area (Å²) in [4.78, 5) is 11.8. The van der Waals surface area contributed by atoms with Crippen molar-refractivity contribution in [2.75, 3.05) is 20.3 Å². The monoisotopic (exact) mass is 250 g/mol. The molecule has 1 rings (SSSR count). The van der Waals surface area contributed by atoms with E-state index in [0.717, 1.165) is 5.56 Å². The third kappa shape index (κ3) is 4.47. The van der Waals surface area contributed by atoms with Crippen molar-refractivity contribution >= 4 is 5.91 Å². The molecule has 1 atom stereocenters. The van der Waals surface area contributed by atoms with Gasteiger partial charge < -0.3 is 15.8 Å². The van der Waals surface area contributed by atoms with Crippen LogP contribution < -0.4 is 11.1 Å². The maximum Gasteiger partial charge on any atom is 0.224 e. The van der Waals surface area contributed by atoms with Crippen LogP contribution in [-0.2, 0) is 16.0 Å². The average molecular weight is 250 g/mol. The second-order valence-electron chi connectivity index (χ2n) is 4.55. The molecule has 0 bridgehead atoms. The lowest BCUT2D eigenvalue weighted by Crippen LogP contribution is -2.43. The van der Waals surface area contributed by atoms with E-state index in [1.807, 2.05) is 25.1 Å². The predicted molar refractivity (Wildman–Crippen MR) is 72.5 cm³/mol. The van der Waals surface area contributed by atoms with Crippen LogP contribution in [0.5, 0.6) is 0 Å². The van der Waals surface area contributed by atoms with Crippen molar-refractivity contribution in [1.29, 1.82) is 0 Å². The molecule has 1 amide bonds. The zero-order chi connectivity index (χ0) is 13.5. The number of hydrogen-bond donors (Lipinski definition) is 2. The molecular formula is C14H22N2O2. The van der Waals surface area contributed by atoms with Gasteiger partial charge in [0.1, 0.15) is 0 Å². The summed E-state index contributed by atoms with van der Waals surface area (Å²) in [6.07, 6.45) is 0.376. The fourth-order valence-corrected chi connectivity index (χ4v) is 1.75. The SMILES string of the molecule is COCC(CN)NC(=O)Cc1ccc(C)c(C)c1. The zero-order valence-corrected chi connectivity index (χ0v) is 11.3. The summed E-state index contributed by atoms with van der Waals surface area (Å²) < 4.78 is 4.99. The highest BCUT2D eigenvalue weighted by molar-refractivity contribution is 5.79. The van der Waals surface area contributed by atoms with Gasteiger partial charge in [-0.05, 0) is 30.5 Å². The fraction of sp³-hybridized carbons (Fsp3) is 0.500. The maximum atomic E-state index is 11.8. The first kappa shape index (κ1) is 14.7. The lowest BCUT2D eigenvalue weighted by atomic mass is 10.0. The molecular weight excluding hydrogens is 228 g/mol. The molecule has 0 aliphatic rings. The van der Waals surface area contributed by atoms with E-state index in [1.165, 1.54) is 11.1 Å². The minimum Gasteiger partial charge on any atom is -0.383 e. The van der Waals surface area contributed by atoms with Crippen molar-refractivity contribution in [3.05, 3.63) is 34.9 Å². The Balaban J connectivity index is 2.55. The summed E-state index contributed by atoms with van der Waals surface area (Å²) in [7, 11) is 1.60. The molecule has 1 aromatic carbocycles. The van der Waals surface area contributed by atoms with Crippen LogP contribution in [0.4, 0.5) is 0 Å². The van der Waals surface area contributed by atoms with Gasteiger partial charge in [-0.1, -0.05) is 18.2 Å². The second kappa shape index (κ2) is 7.13. The number of carbonyl (C=O) groups excluding carboxylic acids is 1. The Morgan fingerprint density at radius 1 is 1.39 bits per heavy atom. The van der Waals surface area contributed by atoms with E-state index in [1.54, 1.807) is 7.11 Å². The van der Waals surface area contributed by atoms with Crippen molar-refractivity contribution in [2.24, 2.45) is 5.73 Å². The number of hydrogen-bond acceptors (Lipinski definition) is 3. The Bertz CT molecular complexity index is 405. The first-order chi connectivity index (χ1) is 8.56. The minimum absolute atomic E-state index is 0.0225. The number of nitrogens with two attached hydrogens (primary N) is 1. The number of rotatable bonds is 6. The third-order valence-electron chi connectivity index (χ3n) is 2.95. The van der Waals surface area contributed by atoms with Crippen LogP contribution >= 0.6 is 0 Å². The molecule has 3 N–H and O–H groups in total. The molecule has 4 heteroatoms. The first-order valence-electron chi connectivity index (χ1n) is 6.11. The molecule has 0 radical (unpaired) electrons. The Kier molecular flexibility index (Phi) is 5.82. The first-order valence-corrected chi connectivity index (χ1v) is 6.11. The molecule has 0 fully saturated rings. The Labute approximate surface area is 109 Å². The topological polar surface area (TPSA) is 64.3 Å². The lowest BCUT2D eigenvalue weighted by molar-refractivity contribution is -0.121. The highest BCUT2D eigenvalue weighted by atomic mass is 16.5. The van der Waals surface area contributed by atoms with Gasteiger partial charge in [-0.25, -0.2) is 0 Å². The van der Waals surface area contributed by atoms with Crippen molar-refractivity contribution in [3.8, 4) is 0 Å². The van der Waals surface area contributed by atoms with Gasteiger partial charge in [0.25, 0.3) is 0 Å². The van der Waals surface area contributed by atoms with Gasteiger partial charge in [-0.15, -0.1) is 0 Å². The van der Waals surface area contributed by atoms with E-state index >= 15 is 0 Å². The van der Waals surface area contributed by atoms with E-state index in [2.05, 4.69) is 12.2 Å². The summed E-state index contributed by atoms with van der Waals surface area (Å²) in [5.41, 5.74) is 9.00. The molecule has 0 saturated heterocycles. The largest absolute Gasteiger partial charge is 0.383 e.